The molecule has 1 atom stereocenters. The molecule has 0 heterocycles. The highest BCUT2D eigenvalue weighted by atomic mass is 16.5. The van der Waals surface area contributed by atoms with Gasteiger partial charge in [0.15, 0.2) is 0 Å². The van der Waals surface area contributed by atoms with Gasteiger partial charge in [0.25, 0.3) is 0 Å². The van der Waals surface area contributed by atoms with E-state index in [1.807, 2.05) is 0 Å². The summed E-state index contributed by atoms with van der Waals surface area (Å²) in [4.78, 5) is 2.31. The molecule has 0 aliphatic rings. The van der Waals surface area contributed by atoms with Crippen LogP contribution in [0.15, 0.2) is 0 Å². The Labute approximate surface area is 76.9 Å². The molecule has 2 heteroatoms. The van der Waals surface area contributed by atoms with E-state index in [4.69, 9.17) is 4.74 Å². The fourth-order valence-corrected chi connectivity index (χ4v) is 1.01. The number of ether oxygens (including phenoxy) is 1. The van der Waals surface area contributed by atoms with E-state index in [2.05, 4.69) is 32.7 Å². The van der Waals surface area contributed by atoms with Gasteiger partial charge < -0.3 is 9.64 Å². The Morgan fingerprint density at radius 1 is 1.33 bits per heavy atom. The SMILES string of the molecule is CCN(C)CCC(C)(CC)OC. The fourth-order valence-electron chi connectivity index (χ4n) is 1.01. The van der Waals surface area contributed by atoms with Crippen molar-refractivity contribution in [3.63, 3.8) is 0 Å². The first-order chi connectivity index (χ1) is 5.58. The van der Waals surface area contributed by atoms with E-state index in [1.54, 1.807) is 7.11 Å². The highest BCUT2D eigenvalue weighted by Crippen LogP contribution is 2.18. The van der Waals surface area contributed by atoms with Crippen LogP contribution in [0.1, 0.15) is 33.6 Å². The topological polar surface area (TPSA) is 12.5 Å². The van der Waals surface area contributed by atoms with Gasteiger partial charge in [-0.25, -0.2) is 0 Å². The van der Waals surface area contributed by atoms with Gasteiger partial charge in [0.1, 0.15) is 0 Å². The molecule has 0 aliphatic heterocycles. The third kappa shape index (κ3) is 4.07. The van der Waals surface area contributed by atoms with Gasteiger partial charge in [-0.1, -0.05) is 13.8 Å². The molecule has 0 aromatic carbocycles. The Bertz CT molecular complexity index is 110. The standard InChI is InChI=1S/C10H23NO/c1-6-10(3,12-5)8-9-11(4)7-2/h6-9H2,1-5H3. The lowest BCUT2D eigenvalue weighted by Crippen LogP contribution is -2.32. The minimum absolute atomic E-state index is 0.0728. The molecule has 0 saturated heterocycles. The van der Waals surface area contributed by atoms with Gasteiger partial charge in [-0.15, -0.1) is 0 Å². The van der Waals surface area contributed by atoms with Crippen LogP contribution in [0, 0.1) is 0 Å². The van der Waals surface area contributed by atoms with Crippen LogP contribution in [-0.2, 0) is 4.74 Å². The van der Waals surface area contributed by atoms with Crippen molar-refractivity contribution in [2.45, 2.75) is 39.2 Å². The Morgan fingerprint density at radius 3 is 2.25 bits per heavy atom. The first kappa shape index (κ1) is 11.9. The summed E-state index contributed by atoms with van der Waals surface area (Å²) in [6.45, 7) is 8.76. The van der Waals surface area contributed by atoms with Crippen molar-refractivity contribution in [1.82, 2.24) is 4.90 Å². The number of rotatable bonds is 6. The summed E-state index contributed by atoms with van der Waals surface area (Å²) in [6, 6.07) is 0. The van der Waals surface area contributed by atoms with Gasteiger partial charge in [0.05, 0.1) is 5.60 Å². The summed E-state index contributed by atoms with van der Waals surface area (Å²) in [7, 11) is 3.95. The maximum Gasteiger partial charge on any atom is 0.0660 e. The lowest BCUT2D eigenvalue weighted by molar-refractivity contribution is -0.00961. The zero-order valence-electron chi connectivity index (χ0n) is 9.18. The molecule has 0 saturated carbocycles. The quantitative estimate of drug-likeness (QED) is 0.610. The summed E-state index contributed by atoms with van der Waals surface area (Å²) in [5.74, 6) is 0. The molecule has 74 valence electrons. The smallest absolute Gasteiger partial charge is 0.0660 e. The molecule has 0 aromatic heterocycles. The van der Waals surface area contributed by atoms with Crippen molar-refractivity contribution < 1.29 is 4.74 Å². The molecule has 0 bridgehead atoms. The molecule has 0 amide bonds. The van der Waals surface area contributed by atoms with Crippen molar-refractivity contribution >= 4 is 0 Å². The molecule has 12 heavy (non-hydrogen) atoms. The normalized spacial score (nSPS) is 16.5. The Morgan fingerprint density at radius 2 is 1.92 bits per heavy atom. The second-order valence-corrected chi connectivity index (χ2v) is 3.65. The van der Waals surface area contributed by atoms with Crippen molar-refractivity contribution in [2.75, 3.05) is 27.2 Å². The summed E-state index contributed by atoms with van der Waals surface area (Å²) in [5, 5.41) is 0. The predicted molar refractivity (Wildman–Crippen MR) is 53.5 cm³/mol. The third-order valence-corrected chi connectivity index (χ3v) is 2.80. The van der Waals surface area contributed by atoms with E-state index in [-0.39, 0.29) is 5.60 Å². The Hall–Kier alpha value is -0.0800. The van der Waals surface area contributed by atoms with E-state index in [0.29, 0.717) is 0 Å². The van der Waals surface area contributed by atoms with E-state index in [9.17, 15) is 0 Å². The number of nitrogens with zero attached hydrogens (tertiary/aromatic N) is 1. The largest absolute Gasteiger partial charge is 0.378 e. The third-order valence-electron chi connectivity index (χ3n) is 2.80. The zero-order chi connectivity index (χ0) is 9.61. The average Bonchev–Trinajstić information content (AvgIpc) is 2.13. The van der Waals surface area contributed by atoms with Gasteiger partial charge in [0.2, 0.25) is 0 Å². The van der Waals surface area contributed by atoms with E-state index < -0.39 is 0 Å². The van der Waals surface area contributed by atoms with Gasteiger partial charge in [-0.3, -0.25) is 0 Å². The molecule has 0 rings (SSSR count). The average molecular weight is 173 g/mol. The molecule has 0 spiro atoms. The van der Waals surface area contributed by atoms with Crippen LogP contribution in [0.5, 0.6) is 0 Å². The lowest BCUT2D eigenvalue weighted by Gasteiger charge is -2.28. The predicted octanol–water partition coefficient (Wildman–Crippen LogP) is 2.14. The highest BCUT2D eigenvalue weighted by molar-refractivity contribution is 4.73. The van der Waals surface area contributed by atoms with E-state index >= 15 is 0 Å². The Kier molecular flexibility index (Phi) is 5.51. The monoisotopic (exact) mass is 173 g/mol. The van der Waals surface area contributed by atoms with Crippen LogP contribution in [0.3, 0.4) is 0 Å². The van der Waals surface area contributed by atoms with Crippen LogP contribution in [0.25, 0.3) is 0 Å². The highest BCUT2D eigenvalue weighted by Gasteiger charge is 2.20. The number of hydrogen-bond acceptors (Lipinski definition) is 2. The van der Waals surface area contributed by atoms with E-state index in [0.717, 1.165) is 25.9 Å². The second-order valence-electron chi connectivity index (χ2n) is 3.65. The van der Waals surface area contributed by atoms with Gasteiger partial charge >= 0.3 is 0 Å². The van der Waals surface area contributed by atoms with E-state index in [1.165, 1.54) is 0 Å². The van der Waals surface area contributed by atoms with Crippen LogP contribution >= 0.6 is 0 Å². The maximum atomic E-state index is 5.46. The lowest BCUT2D eigenvalue weighted by atomic mass is 9.99. The molecule has 0 aliphatic carbocycles. The summed E-state index contributed by atoms with van der Waals surface area (Å²) in [6.07, 6.45) is 2.20. The Balaban J connectivity index is 3.72. The van der Waals surface area contributed by atoms with Crippen LogP contribution in [0.4, 0.5) is 0 Å². The van der Waals surface area contributed by atoms with Gasteiger partial charge in [-0.2, -0.15) is 0 Å². The van der Waals surface area contributed by atoms with Crippen LogP contribution in [-0.4, -0.2) is 37.7 Å². The van der Waals surface area contributed by atoms with Crippen molar-refractivity contribution in [3.05, 3.63) is 0 Å². The minimum atomic E-state index is 0.0728. The fraction of sp³-hybridized carbons (Fsp3) is 1.00. The number of methoxy groups -OCH3 is 1. The first-order valence-corrected chi connectivity index (χ1v) is 4.81. The van der Waals surface area contributed by atoms with Crippen LogP contribution < -0.4 is 0 Å². The van der Waals surface area contributed by atoms with Crippen molar-refractivity contribution in [2.24, 2.45) is 0 Å². The zero-order valence-corrected chi connectivity index (χ0v) is 9.18. The van der Waals surface area contributed by atoms with Gasteiger partial charge in [0, 0.05) is 13.7 Å². The number of hydrogen-bond donors (Lipinski definition) is 0. The molecule has 0 fully saturated rings. The minimum Gasteiger partial charge on any atom is -0.378 e. The summed E-state index contributed by atoms with van der Waals surface area (Å²) >= 11 is 0. The molecule has 0 aromatic rings. The second kappa shape index (κ2) is 5.55. The molecular weight excluding hydrogens is 150 g/mol. The first-order valence-electron chi connectivity index (χ1n) is 4.81. The molecular formula is C10H23NO. The molecule has 2 nitrogen and oxygen atoms in total. The van der Waals surface area contributed by atoms with Crippen LogP contribution in [0.2, 0.25) is 0 Å². The molecule has 0 N–H and O–H groups in total. The summed E-state index contributed by atoms with van der Waals surface area (Å²) < 4.78 is 5.46. The van der Waals surface area contributed by atoms with Gasteiger partial charge in [-0.05, 0) is 33.4 Å². The molecule has 1 unspecified atom stereocenters. The van der Waals surface area contributed by atoms with Crippen molar-refractivity contribution in [1.29, 1.82) is 0 Å². The molecule has 0 radical (unpaired) electrons. The maximum absolute atomic E-state index is 5.46. The van der Waals surface area contributed by atoms with Crippen molar-refractivity contribution in [3.8, 4) is 0 Å². The summed E-state index contributed by atoms with van der Waals surface area (Å²) in [5.41, 5.74) is 0.0728.